The topological polar surface area (TPSA) is 21.3 Å². The van der Waals surface area contributed by atoms with Gasteiger partial charge < -0.3 is 4.52 Å². The summed E-state index contributed by atoms with van der Waals surface area (Å²) in [5.74, 6) is 0. The molecule has 0 aromatic carbocycles. The minimum atomic E-state index is -0.215. The van der Waals surface area contributed by atoms with Crippen LogP contribution in [0.4, 0.5) is 0 Å². The van der Waals surface area contributed by atoms with E-state index >= 15 is 0 Å². The molecule has 1 rings (SSSR count). The SMILES string of the molecule is B.CP1NCCO1. The zero-order valence-electron chi connectivity index (χ0n) is 3.77. The molecule has 0 aromatic rings. The van der Waals surface area contributed by atoms with E-state index in [1.807, 2.05) is 0 Å². The molecule has 1 aliphatic heterocycles. The minimum Gasteiger partial charge on any atom is -0.343 e. The monoisotopic (exact) mass is 119 g/mol. The average molecular weight is 119 g/mol. The van der Waals surface area contributed by atoms with Crippen LogP contribution in [0.3, 0.4) is 0 Å². The van der Waals surface area contributed by atoms with Gasteiger partial charge in [0.15, 0.2) is 0 Å². The van der Waals surface area contributed by atoms with E-state index in [0.717, 1.165) is 13.2 Å². The van der Waals surface area contributed by atoms with Gasteiger partial charge in [0.05, 0.1) is 23.3 Å². The molecule has 1 unspecified atom stereocenters. The number of nitrogens with one attached hydrogen (secondary N) is 1. The lowest BCUT2D eigenvalue weighted by Gasteiger charge is -1.95. The molecule has 7 heavy (non-hydrogen) atoms. The van der Waals surface area contributed by atoms with Crippen LogP contribution in [0, 0.1) is 0 Å². The zero-order chi connectivity index (χ0) is 4.41. The van der Waals surface area contributed by atoms with Gasteiger partial charge in [-0.1, -0.05) is 0 Å². The van der Waals surface area contributed by atoms with Gasteiger partial charge in [0.2, 0.25) is 0 Å². The lowest BCUT2D eigenvalue weighted by molar-refractivity contribution is 0.400. The molecule has 1 heterocycles. The average Bonchev–Trinajstić information content (AvgIpc) is 1.86. The van der Waals surface area contributed by atoms with E-state index in [2.05, 4.69) is 11.8 Å². The summed E-state index contributed by atoms with van der Waals surface area (Å²) in [7, 11) is -0.215. The van der Waals surface area contributed by atoms with Crippen molar-refractivity contribution in [2.75, 3.05) is 19.8 Å². The lowest BCUT2D eigenvalue weighted by atomic mass is 10.8. The van der Waals surface area contributed by atoms with Crippen molar-refractivity contribution >= 4 is 16.7 Å². The third kappa shape index (κ3) is 2.27. The molecular weight excluding hydrogens is 108 g/mol. The smallest absolute Gasteiger partial charge is 0.0980 e. The Morgan fingerprint density at radius 2 is 2.43 bits per heavy atom. The maximum Gasteiger partial charge on any atom is 0.0980 e. The highest BCUT2D eigenvalue weighted by Crippen LogP contribution is 2.29. The van der Waals surface area contributed by atoms with Crippen LogP contribution in [0.1, 0.15) is 0 Å². The summed E-state index contributed by atoms with van der Waals surface area (Å²) in [5, 5.41) is 3.16. The van der Waals surface area contributed by atoms with Gasteiger partial charge in [-0.15, -0.1) is 0 Å². The van der Waals surface area contributed by atoms with Gasteiger partial charge in [-0.25, -0.2) is 0 Å². The van der Waals surface area contributed by atoms with Crippen molar-refractivity contribution in [1.29, 1.82) is 0 Å². The fourth-order valence-electron chi connectivity index (χ4n) is 0.431. The van der Waals surface area contributed by atoms with Gasteiger partial charge in [-0.3, -0.25) is 5.09 Å². The fourth-order valence-corrected chi connectivity index (χ4v) is 1.29. The van der Waals surface area contributed by atoms with Gasteiger partial charge in [-0.2, -0.15) is 0 Å². The van der Waals surface area contributed by atoms with Crippen LogP contribution in [-0.2, 0) is 4.52 Å². The third-order valence-corrected chi connectivity index (χ3v) is 1.96. The van der Waals surface area contributed by atoms with Gasteiger partial charge >= 0.3 is 0 Å². The van der Waals surface area contributed by atoms with Crippen molar-refractivity contribution in [2.45, 2.75) is 0 Å². The molecule has 1 N–H and O–H groups in total. The van der Waals surface area contributed by atoms with Crippen molar-refractivity contribution in [1.82, 2.24) is 5.09 Å². The predicted molar refractivity (Wildman–Crippen MR) is 36.7 cm³/mol. The summed E-state index contributed by atoms with van der Waals surface area (Å²) in [5.41, 5.74) is 0. The molecule has 1 atom stereocenters. The van der Waals surface area contributed by atoms with Gasteiger partial charge in [0.25, 0.3) is 0 Å². The fraction of sp³-hybridized carbons (Fsp3) is 1.00. The van der Waals surface area contributed by atoms with Gasteiger partial charge in [-0.05, 0) is 6.66 Å². The second-order valence-electron chi connectivity index (χ2n) is 1.24. The second-order valence-corrected chi connectivity index (χ2v) is 2.81. The highest BCUT2D eigenvalue weighted by Gasteiger charge is 2.05. The van der Waals surface area contributed by atoms with E-state index in [1.54, 1.807) is 0 Å². The normalized spacial score (nSPS) is 29.6. The van der Waals surface area contributed by atoms with Crippen LogP contribution in [0.25, 0.3) is 0 Å². The summed E-state index contributed by atoms with van der Waals surface area (Å²) in [6.07, 6.45) is 0. The molecule has 0 bridgehead atoms. The van der Waals surface area contributed by atoms with Crippen molar-refractivity contribution < 1.29 is 4.52 Å². The molecule has 4 heteroatoms. The van der Waals surface area contributed by atoms with Crippen molar-refractivity contribution in [3.8, 4) is 0 Å². The Bertz CT molecular complexity index is 48.2. The summed E-state index contributed by atoms with van der Waals surface area (Å²) < 4.78 is 5.11. The molecule has 0 aromatic heterocycles. The summed E-state index contributed by atoms with van der Waals surface area (Å²) in [6, 6.07) is 0. The molecule has 1 saturated heterocycles. The lowest BCUT2D eigenvalue weighted by Crippen LogP contribution is -1.98. The number of rotatable bonds is 0. The van der Waals surface area contributed by atoms with Crippen LogP contribution in [0.15, 0.2) is 0 Å². The van der Waals surface area contributed by atoms with E-state index in [9.17, 15) is 0 Å². The van der Waals surface area contributed by atoms with Crippen molar-refractivity contribution in [2.24, 2.45) is 0 Å². The standard InChI is InChI=1S/C3H8NOP.BH3/c1-6-4-2-3-5-6;/h4H,2-3H2,1H3;1H3. The van der Waals surface area contributed by atoms with Gasteiger partial charge in [0, 0.05) is 6.54 Å². The number of hydrogen-bond donors (Lipinski definition) is 1. The Morgan fingerprint density at radius 1 is 1.71 bits per heavy atom. The Labute approximate surface area is 47.1 Å². The summed E-state index contributed by atoms with van der Waals surface area (Å²) >= 11 is 0. The summed E-state index contributed by atoms with van der Waals surface area (Å²) in [6.45, 7) is 4.02. The molecule has 2 nitrogen and oxygen atoms in total. The summed E-state index contributed by atoms with van der Waals surface area (Å²) in [4.78, 5) is 0. The molecule has 0 spiro atoms. The Hall–Kier alpha value is 0.415. The molecular formula is C3H11BNOP. The number of hydrogen-bond acceptors (Lipinski definition) is 2. The first-order valence-corrected chi connectivity index (χ1v) is 3.70. The molecule has 0 radical (unpaired) electrons. The maximum absolute atomic E-state index is 5.11. The Balaban J connectivity index is 0.000000360. The van der Waals surface area contributed by atoms with Crippen LogP contribution < -0.4 is 5.09 Å². The molecule has 1 fully saturated rings. The second kappa shape index (κ2) is 3.42. The van der Waals surface area contributed by atoms with Crippen molar-refractivity contribution in [3.05, 3.63) is 0 Å². The van der Waals surface area contributed by atoms with E-state index in [0.29, 0.717) is 0 Å². The third-order valence-electron chi connectivity index (χ3n) is 0.721. The minimum absolute atomic E-state index is 0. The van der Waals surface area contributed by atoms with E-state index in [4.69, 9.17) is 4.52 Å². The first-order chi connectivity index (χ1) is 2.89. The first kappa shape index (κ1) is 7.41. The van der Waals surface area contributed by atoms with Crippen LogP contribution in [-0.4, -0.2) is 28.2 Å². The molecule has 1 aliphatic rings. The Morgan fingerprint density at radius 3 is 2.57 bits per heavy atom. The van der Waals surface area contributed by atoms with Crippen molar-refractivity contribution in [3.63, 3.8) is 0 Å². The largest absolute Gasteiger partial charge is 0.343 e. The molecule has 0 amide bonds. The molecule has 0 aliphatic carbocycles. The first-order valence-electron chi connectivity index (χ1n) is 2.00. The highest BCUT2D eigenvalue weighted by atomic mass is 31.2. The highest BCUT2D eigenvalue weighted by molar-refractivity contribution is 7.49. The van der Waals surface area contributed by atoms with Crippen LogP contribution in [0.2, 0.25) is 0 Å². The molecule has 0 saturated carbocycles. The molecule has 42 valence electrons. The van der Waals surface area contributed by atoms with Gasteiger partial charge in [0.1, 0.15) is 0 Å². The van der Waals surface area contributed by atoms with Crippen LogP contribution in [0.5, 0.6) is 0 Å². The zero-order valence-corrected chi connectivity index (χ0v) is 4.66. The maximum atomic E-state index is 5.11. The Kier molecular flexibility index (Phi) is 3.62. The quantitative estimate of drug-likeness (QED) is 0.338. The van der Waals surface area contributed by atoms with E-state index < -0.39 is 0 Å². The van der Waals surface area contributed by atoms with Crippen LogP contribution >= 0.6 is 8.30 Å². The van der Waals surface area contributed by atoms with E-state index in [1.165, 1.54) is 0 Å². The predicted octanol–water partition coefficient (Wildman–Crippen LogP) is -0.636. The van der Waals surface area contributed by atoms with E-state index in [-0.39, 0.29) is 16.7 Å².